The molecule has 0 unspecified atom stereocenters. The van der Waals surface area contributed by atoms with E-state index in [1.807, 2.05) is 0 Å². The fourth-order valence-corrected chi connectivity index (χ4v) is 22.8. The van der Waals surface area contributed by atoms with Crippen LogP contribution in [0.2, 0.25) is 0 Å². The summed E-state index contributed by atoms with van der Waals surface area (Å²) in [6.07, 6.45) is 0. The largest absolute Gasteiger partial charge is 0.311 e. The number of rotatable bonds is 4. The Balaban J connectivity index is 0.848. The highest BCUT2D eigenvalue weighted by atomic mass is 15.2. The van der Waals surface area contributed by atoms with Crippen LogP contribution >= 0.6 is 0 Å². The molecular weight excluding hydrogens is 1310 g/mol. The predicted octanol–water partition coefficient (Wildman–Crippen LogP) is 23.6. The SMILES string of the molecule is c1ccc(-c2ccc(N3c4cc(-n5c6ccccc6c6ccccc65)cc5c4B(c4cc6c(cc4N5c4ccc5c(c4)C4(c7ccccc7-c7ccccc74)c4ccccc4-5)C4(c5ccccc5-c5ccccc54)c4ccccc4-6)c4c3ccc3c4-c4ccccc4C34c3ccccc3-c3ccccc34)cc2)cc1. The maximum absolute atomic E-state index is 2.76. The predicted molar refractivity (Wildman–Crippen MR) is 449 cm³/mol. The minimum Gasteiger partial charge on any atom is -0.311 e. The van der Waals surface area contributed by atoms with E-state index in [9.17, 15) is 0 Å². The van der Waals surface area contributed by atoms with Gasteiger partial charge >= 0.3 is 0 Å². The molecule has 0 amide bonds. The zero-order valence-electron chi connectivity index (χ0n) is 59.2. The summed E-state index contributed by atoms with van der Waals surface area (Å²) in [4.78, 5) is 5.44. The molecule has 26 rings (SSSR count). The highest BCUT2D eigenvalue weighted by Gasteiger charge is 2.58. The van der Waals surface area contributed by atoms with E-state index in [1.165, 1.54) is 183 Å². The fraction of sp³-hybridized carbons (Fsp3) is 0.0286. The average molecular weight is 1380 g/mol. The van der Waals surface area contributed by atoms with Gasteiger partial charge in [0.2, 0.25) is 0 Å². The molecule has 0 saturated carbocycles. The topological polar surface area (TPSA) is 11.4 Å². The second-order valence-corrected chi connectivity index (χ2v) is 31.1. The Labute approximate surface area is 631 Å². The Morgan fingerprint density at radius 3 is 1.04 bits per heavy atom. The van der Waals surface area contributed by atoms with Crippen LogP contribution < -0.4 is 26.2 Å². The van der Waals surface area contributed by atoms with Crippen molar-refractivity contribution >= 4 is 79.0 Å². The average Bonchev–Trinajstić information content (AvgIpc) is 1.68. The summed E-state index contributed by atoms with van der Waals surface area (Å²) in [5.41, 5.74) is 45.9. The zero-order chi connectivity index (χ0) is 70.7. The first-order chi connectivity index (χ1) is 54.1. The van der Waals surface area contributed by atoms with Gasteiger partial charge < -0.3 is 14.4 Å². The minimum atomic E-state index is -0.639. The van der Waals surface area contributed by atoms with E-state index in [0.29, 0.717) is 0 Å². The first-order valence-electron chi connectivity index (χ1n) is 38.4. The van der Waals surface area contributed by atoms with Crippen LogP contribution in [0.1, 0.15) is 66.8 Å². The van der Waals surface area contributed by atoms with E-state index >= 15 is 0 Å². The molecule has 0 bridgehead atoms. The molecule has 0 saturated heterocycles. The van der Waals surface area contributed by atoms with Crippen LogP contribution in [-0.2, 0) is 16.2 Å². The molecule has 109 heavy (non-hydrogen) atoms. The molecule has 3 nitrogen and oxygen atoms in total. The number of anilines is 6. The Bertz CT molecular complexity index is 6950. The standard InChI is InChI=1S/C105H62BN3/c1-2-26-63(27-3-1)64-50-52-65(53-51-64)107-96-57-56-90-100(79-38-12-23-47-89(79)103(90)81-39-15-4-28-68(81)69-29-5-16-40-82(69)103)102(96)106-93-61-80-75-35-11-22-46-88(75)105(85-43-19-8-32-72(85)73-33-9-20-44-86(73)105)92(80)62-97(93)108(99-60-67(59-98(107)101(99)106)109-94-48-24-13-36-77(94)78-37-14-25-49-95(78)109)66-54-55-76-74-34-10-21-45-87(74)104(91(76)58-66)83-41-17-6-30-70(83)71-31-7-18-42-84(71)104/h1-62H. The van der Waals surface area contributed by atoms with Crippen LogP contribution in [0.15, 0.2) is 376 Å². The highest BCUT2D eigenvalue weighted by molar-refractivity contribution is 7.01. The Kier molecular flexibility index (Phi) is 11.2. The van der Waals surface area contributed by atoms with Crippen molar-refractivity contribution in [1.29, 1.82) is 0 Å². The summed E-state index contributed by atoms with van der Waals surface area (Å²) in [6, 6.07) is 146. The van der Waals surface area contributed by atoms with Gasteiger partial charge in [-0.1, -0.05) is 315 Å². The Morgan fingerprint density at radius 1 is 0.202 bits per heavy atom. The van der Waals surface area contributed by atoms with Crippen molar-refractivity contribution in [2.75, 3.05) is 9.80 Å². The van der Waals surface area contributed by atoms with Crippen LogP contribution in [0.25, 0.3) is 105 Å². The van der Waals surface area contributed by atoms with Gasteiger partial charge in [0, 0.05) is 44.9 Å². The van der Waals surface area contributed by atoms with E-state index in [-0.39, 0.29) is 6.71 Å². The lowest BCUT2D eigenvalue weighted by Crippen LogP contribution is -2.62. The number of hydrogen-bond donors (Lipinski definition) is 0. The van der Waals surface area contributed by atoms with E-state index in [2.05, 4.69) is 390 Å². The molecule has 1 aromatic heterocycles. The van der Waals surface area contributed by atoms with Crippen molar-refractivity contribution in [2.45, 2.75) is 16.2 Å². The van der Waals surface area contributed by atoms with Gasteiger partial charge in [-0.3, -0.25) is 0 Å². The number of fused-ring (bicyclic) bond motifs is 38. The van der Waals surface area contributed by atoms with E-state index in [4.69, 9.17) is 0 Å². The maximum Gasteiger partial charge on any atom is 0.252 e. The number of nitrogens with zero attached hydrogens (tertiary/aromatic N) is 3. The normalized spacial score (nSPS) is 15.0. The molecule has 6 aliphatic carbocycles. The Morgan fingerprint density at radius 2 is 0.560 bits per heavy atom. The smallest absolute Gasteiger partial charge is 0.252 e. The second kappa shape index (κ2) is 20.8. The first kappa shape index (κ1) is 58.5. The van der Waals surface area contributed by atoms with Crippen molar-refractivity contribution in [3.05, 3.63) is 443 Å². The number of hydrogen-bond acceptors (Lipinski definition) is 2. The van der Waals surface area contributed by atoms with Crippen LogP contribution in [0, 0.1) is 0 Å². The third-order valence-electron chi connectivity index (χ3n) is 26.6. The highest BCUT2D eigenvalue weighted by Crippen LogP contribution is 2.68. The molecule has 0 N–H and O–H groups in total. The molecular formula is C105H62BN3. The van der Waals surface area contributed by atoms with E-state index < -0.39 is 16.2 Å². The first-order valence-corrected chi connectivity index (χ1v) is 38.4. The van der Waals surface area contributed by atoms with Crippen LogP contribution in [0.4, 0.5) is 34.1 Å². The molecule has 0 fully saturated rings. The zero-order valence-corrected chi connectivity index (χ0v) is 59.2. The second-order valence-electron chi connectivity index (χ2n) is 31.1. The number of aromatic nitrogens is 1. The van der Waals surface area contributed by atoms with Crippen molar-refractivity contribution < 1.29 is 0 Å². The number of benzene rings is 17. The lowest BCUT2D eigenvalue weighted by Gasteiger charge is -2.46. The van der Waals surface area contributed by atoms with E-state index in [1.54, 1.807) is 0 Å². The van der Waals surface area contributed by atoms with Crippen molar-refractivity contribution in [3.63, 3.8) is 0 Å². The molecule has 3 spiro atoms. The maximum atomic E-state index is 2.76. The van der Waals surface area contributed by atoms with Crippen LogP contribution in [0.3, 0.4) is 0 Å². The molecule has 500 valence electrons. The summed E-state index contributed by atoms with van der Waals surface area (Å²) in [5, 5.41) is 2.44. The quantitative estimate of drug-likeness (QED) is 0.163. The Hall–Kier alpha value is -13.8. The summed E-state index contributed by atoms with van der Waals surface area (Å²) >= 11 is 0. The summed E-state index contributed by atoms with van der Waals surface area (Å²) < 4.78 is 2.56. The molecule has 0 radical (unpaired) electrons. The van der Waals surface area contributed by atoms with Gasteiger partial charge in [-0.2, -0.15) is 0 Å². The monoisotopic (exact) mass is 1380 g/mol. The van der Waals surface area contributed by atoms with Gasteiger partial charge in [0.05, 0.1) is 33.0 Å². The van der Waals surface area contributed by atoms with Gasteiger partial charge in [0.1, 0.15) is 0 Å². The van der Waals surface area contributed by atoms with Gasteiger partial charge in [-0.05, 0) is 222 Å². The molecule has 4 heteroatoms. The molecule has 8 aliphatic rings. The van der Waals surface area contributed by atoms with Crippen molar-refractivity contribution in [2.24, 2.45) is 0 Å². The van der Waals surface area contributed by atoms with Gasteiger partial charge in [-0.25, -0.2) is 0 Å². The number of para-hydroxylation sites is 2. The van der Waals surface area contributed by atoms with Gasteiger partial charge in [0.15, 0.2) is 0 Å². The lowest BCUT2D eigenvalue weighted by atomic mass is 9.32. The molecule has 3 heterocycles. The molecule has 18 aromatic rings. The third-order valence-corrected chi connectivity index (χ3v) is 26.6. The van der Waals surface area contributed by atoms with E-state index in [0.717, 1.165) is 39.5 Å². The molecule has 2 aliphatic heterocycles. The third kappa shape index (κ3) is 6.96. The lowest BCUT2D eigenvalue weighted by molar-refractivity contribution is 0.792. The van der Waals surface area contributed by atoms with Gasteiger partial charge in [-0.15, -0.1) is 0 Å². The summed E-state index contributed by atoms with van der Waals surface area (Å²) in [5.74, 6) is 0. The van der Waals surface area contributed by atoms with Crippen LogP contribution in [0.5, 0.6) is 0 Å². The van der Waals surface area contributed by atoms with Crippen LogP contribution in [-0.4, -0.2) is 11.3 Å². The summed E-state index contributed by atoms with van der Waals surface area (Å²) in [6.45, 7) is -0.306. The fourth-order valence-electron chi connectivity index (χ4n) is 22.8. The van der Waals surface area contributed by atoms with Crippen molar-refractivity contribution in [1.82, 2.24) is 4.57 Å². The minimum absolute atomic E-state index is 0.306. The molecule has 0 atom stereocenters. The summed E-state index contributed by atoms with van der Waals surface area (Å²) in [7, 11) is 0. The van der Waals surface area contributed by atoms with Crippen molar-refractivity contribution in [3.8, 4) is 83.6 Å². The van der Waals surface area contributed by atoms with Gasteiger partial charge in [0.25, 0.3) is 6.71 Å². The molecule has 17 aromatic carbocycles.